The Morgan fingerprint density at radius 3 is 0.937 bits per heavy atom. The fourth-order valence-electron chi connectivity index (χ4n) is 24.6. The second-order valence-electron chi connectivity index (χ2n) is 42.8. The molecule has 24 rings (SSSR count). The summed E-state index contributed by atoms with van der Waals surface area (Å²) in [4.78, 5) is 86.3. The van der Waals surface area contributed by atoms with E-state index in [4.69, 9.17) is 0 Å². The summed E-state index contributed by atoms with van der Waals surface area (Å²) in [6.45, 7) is 24.2. The monoisotopic (exact) mass is 1910 g/mol. The fraction of sp³-hybridized carbons (Fsp3) is 0.470. The third kappa shape index (κ3) is 24.0. The van der Waals surface area contributed by atoms with Gasteiger partial charge in [-0.3, -0.25) is 49.5 Å². The van der Waals surface area contributed by atoms with Crippen molar-refractivity contribution in [3.05, 3.63) is 253 Å². The molecule has 0 spiro atoms. The maximum absolute atomic E-state index is 12.8. The fourth-order valence-corrected chi connectivity index (χ4v) is 24.6. The first-order valence-corrected chi connectivity index (χ1v) is 53.5. The minimum absolute atomic E-state index is 0.255. The number of H-pyrrole nitrogens is 5. The number of hydrogen-bond acceptors (Lipinski definition) is 15. The van der Waals surface area contributed by atoms with Crippen LogP contribution in [0.2, 0.25) is 0 Å². The molecule has 15 heterocycles. The summed E-state index contributed by atoms with van der Waals surface area (Å²) in [5.74, 6) is 6.02. The topological polar surface area (TPSA) is 261 Å². The number of aryl methyl sites for hydroxylation is 1. The van der Waals surface area contributed by atoms with Gasteiger partial charge in [-0.15, -0.1) is 0 Å². The Bertz CT molecular complexity index is 6130. The standard InChI is InChI=1S/C25H28N4O.C24H32N4O.C24H26N4O.C23H30N4O.C21H28N4O/c30-25(9-6-19-4-2-1-3-5-19)29-12-10-20(18-29)17-28-13-11-22-14-21(7-8-24(22)28)23-15-26-27-16-23;2*29-24(12-18-4-2-1-3-5-18)28-10-8-19(17-28)16-27-11-9-21-13-20(6-7-23(21)27)22-14-25-26-15-22;28-23(18-4-2-1-3-5-18)27-10-8-17(16-27)15-26-11-9-20-12-19(6-7-22(20)26)21-13-24-25-14-21;1-15(2)9-21(26)25-7-5-16(14-25)13-24-8-6-18-10-17(3-4-20(18)24)19-11-22-23-12-19/h1-5,7-8,14-16,20H,6,9-13,17-18H2,(H,26,27);6-7,13-15,18-19H,1-5,8-12,16-17H2,(H,25,26);1-7,13-15,19H,8-12,16-17H2,(H,25,26);6-7,12-14,17-18H,1-5,8-11,15-16H2,(H,24,25);3-4,10-12,15-16H,5-9,13-14H2,1-2H3,(H,22,23). The zero-order valence-electron chi connectivity index (χ0n) is 83.4. The van der Waals surface area contributed by atoms with Crippen molar-refractivity contribution in [2.24, 2.45) is 47.3 Å². The summed E-state index contributed by atoms with van der Waals surface area (Å²) in [6.07, 6.45) is 46.1. The van der Waals surface area contributed by atoms with E-state index in [1.807, 2.05) is 110 Å². The molecule has 5 N–H and O–H groups in total. The molecule has 7 aromatic carbocycles. The molecule has 12 aliphatic rings. The molecule has 2 saturated carbocycles. The first-order valence-electron chi connectivity index (χ1n) is 53.5. The Hall–Kier alpha value is -13.1. The SMILES string of the molecule is CC(C)CC(=O)N1CCC(CN2CCc3cc(-c4cn[nH]c4)ccc32)C1.O=C(C1CCCCC1)N1CCC(CN2CCc3cc(-c4cn[nH]c4)ccc32)C1.O=C(CC1CCCCC1)N1CCC(CN2CCc3cc(-c4cn[nH]c4)ccc32)C1.O=C(CCc1ccccc1)N1CCC(CN2CCc3cc(-c4cn[nH]c4)ccc32)C1.O=C(Cc1ccccc1)N1CCC(CN2CCc3cc(-c4cn[nH]c4)ccc32)C1. The Morgan fingerprint density at radius 2 is 0.606 bits per heavy atom. The van der Waals surface area contributed by atoms with Crippen molar-refractivity contribution < 1.29 is 24.0 Å². The van der Waals surface area contributed by atoms with E-state index in [1.165, 1.54) is 141 Å². The van der Waals surface area contributed by atoms with Gasteiger partial charge in [0.05, 0.1) is 37.4 Å². The van der Waals surface area contributed by atoms with E-state index in [1.54, 1.807) is 0 Å². The van der Waals surface area contributed by atoms with E-state index in [9.17, 15) is 24.0 Å². The highest BCUT2D eigenvalue weighted by molar-refractivity contribution is 5.82. The lowest BCUT2D eigenvalue weighted by atomic mass is 9.87. The van der Waals surface area contributed by atoms with E-state index in [2.05, 4.69) is 217 Å². The predicted octanol–water partition coefficient (Wildman–Crippen LogP) is 18.9. The van der Waals surface area contributed by atoms with Gasteiger partial charge in [0.25, 0.3) is 0 Å². The molecule has 5 amide bonds. The highest BCUT2D eigenvalue weighted by Gasteiger charge is 2.39. The van der Waals surface area contributed by atoms with Crippen LogP contribution in [0.1, 0.15) is 168 Å². The minimum Gasteiger partial charge on any atom is -0.371 e. The first kappa shape index (κ1) is 96.4. The van der Waals surface area contributed by atoms with Crippen molar-refractivity contribution in [1.82, 2.24) is 75.5 Å². The molecule has 12 aromatic rings. The zero-order valence-corrected chi connectivity index (χ0v) is 83.4. The number of nitrogens with zero attached hydrogens (tertiary/aromatic N) is 15. The number of rotatable bonds is 25. The number of aromatic nitrogens is 10. The Kier molecular flexibility index (Phi) is 31.2. The third-order valence-corrected chi connectivity index (χ3v) is 32.5. The Balaban J connectivity index is 0.000000109. The smallest absolute Gasteiger partial charge is 0.226 e. The van der Waals surface area contributed by atoms with E-state index < -0.39 is 0 Å². The summed E-state index contributed by atoms with van der Waals surface area (Å²) in [5, 5.41) is 34.8. The number of carbonyl (C=O) groups is 5. The highest BCUT2D eigenvalue weighted by Crippen LogP contribution is 2.42. The van der Waals surface area contributed by atoms with E-state index >= 15 is 0 Å². The van der Waals surface area contributed by atoms with Crippen molar-refractivity contribution in [1.29, 1.82) is 0 Å². The number of fused-ring (bicyclic) bond motifs is 5. The number of carbonyl (C=O) groups excluding carboxylic acids is 5. The lowest BCUT2D eigenvalue weighted by molar-refractivity contribution is -0.135. The van der Waals surface area contributed by atoms with Gasteiger partial charge in [-0.2, -0.15) is 25.5 Å². The summed E-state index contributed by atoms with van der Waals surface area (Å²) < 4.78 is 0. The molecule has 5 saturated heterocycles. The maximum atomic E-state index is 12.8. The van der Waals surface area contributed by atoms with Crippen molar-refractivity contribution >= 4 is 58.0 Å². The van der Waals surface area contributed by atoms with Crippen LogP contribution in [0.4, 0.5) is 28.4 Å². The van der Waals surface area contributed by atoms with Crippen LogP contribution in [-0.2, 0) is 68.9 Å². The molecule has 5 unspecified atom stereocenters. The van der Waals surface area contributed by atoms with Crippen LogP contribution < -0.4 is 24.5 Å². The highest BCUT2D eigenvalue weighted by atomic mass is 16.2. The number of anilines is 5. The molecule has 10 aliphatic heterocycles. The van der Waals surface area contributed by atoms with Gasteiger partial charge in [-0.25, -0.2) is 0 Å². The van der Waals surface area contributed by atoms with Gasteiger partial charge < -0.3 is 49.0 Å². The molecule has 2 aliphatic carbocycles. The minimum atomic E-state index is 0.255. The van der Waals surface area contributed by atoms with Crippen LogP contribution in [0.15, 0.2) is 214 Å². The number of aromatic amines is 5. The lowest BCUT2D eigenvalue weighted by Crippen LogP contribution is -2.36. The quantitative estimate of drug-likeness (QED) is 0.0356. The van der Waals surface area contributed by atoms with Gasteiger partial charge in [-0.1, -0.05) is 143 Å². The molecule has 25 nitrogen and oxygen atoms in total. The van der Waals surface area contributed by atoms with Crippen molar-refractivity contribution in [2.45, 2.75) is 174 Å². The molecular formula is C117H144N20O5. The molecule has 142 heavy (non-hydrogen) atoms. The van der Waals surface area contributed by atoms with Gasteiger partial charge in [-0.05, 0) is 265 Å². The average Bonchev–Trinajstić information content (AvgIpc) is 1.66. The molecule has 7 fully saturated rings. The van der Waals surface area contributed by atoms with Crippen molar-refractivity contribution in [3.8, 4) is 55.6 Å². The first-order chi connectivity index (χ1) is 69.7. The summed E-state index contributed by atoms with van der Waals surface area (Å²) in [7, 11) is 0. The molecule has 742 valence electrons. The maximum Gasteiger partial charge on any atom is 0.226 e. The van der Waals surface area contributed by atoms with Crippen LogP contribution in [0.3, 0.4) is 0 Å². The normalized spacial score (nSPS) is 20.1. The second kappa shape index (κ2) is 45.9. The average molecular weight is 1910 g/mol. The lowest BCUT2D eigenvalue weighted by Gasteiger charge is -2.27. The van der Waals surface area contributed by atoms with Crippen LogP contribution >= 0.6 is 0 Å². The number of amides is 5. The molecule has 0 bridgehead atoms. The number of nitrogens with one attached hydrogen (secondary N) is 5. The summed E-state index contributed by atoms with van der Waals surface area (Å²) in [6, 6.07) is 54.1. The zero-order chi connectivity index (χ0) is 96.6. The van der Waals surface area contributed by atoms with Gasteiger partial charge in [0.1, 0.15) is 0 Å². The van der Waals surface area contributed by atoms with Crippen LogP contribution in [0.25, 0.3) is 55.6 Å². The number of benzene rings is 7. The Labute approximate surface area is 837 Å². The summed E-state index contributed by atoms with van der Waals surface area (Å²) >= 11 is 0. The Morgan fingerprint density at radius 1 is 0.303 bits per heavy atom. The third-order valence-electron chi connectivity index (χ3n) is 32.5. The number of hydrogen-bond donors (Lipinski definition) is 5. The van der Waals surface area contributed by atoms with Crippen LogP contribution in [0, 0.1) is 47.3 Å². The molecular weight excluding hydrogens is 1770 g/mol. The second-order valence-corrected chi connectivity index (χ2v) is 42.8. The summed E-state index contributed by atoms with van der Waals surface area (Å²) in [5.41, 5.74) is 28.2. The molecule has 25 heteroatoms. The predicted molar refractivity (Wildman–Crippen MR) is 565 cm³/mol. The van der Waals surface area contributed by atoms with Gasteiger partial charge in [0.2, 0.25) is 29.5 Å². The van der Waals surface area contributed by atoms with E-state index in [0.29, 0.717) is 90.2 Å². The van der Waals surface area contributed by atoms with Gasteiger partial charge in [0, 0.05) is 243 Å². The van der Waals surface area contributed by atoms with E-state index in [0.717, 1.165) is 254 Å². The number of likely N-dealkylation sites (tertiary alicyclic amines) is 5. The van der Waals surface area contributed by atoms with Crippen LogP contribution in [0.5, 0.6) is 0 Å². The molecule has 0 radical (unpaired) electrons. The molecule has 5 atom stereocenters. The van der Waals surface area contributed by atoms with E-state index in [-0.39, 0.29) is 5.91 Å². The van der Waals surface area contributed by atoms with Crippen LogP contribution in [-0.4, -0.2) is 236 Å². The van der Waals surface area contributed by atoms with Crippen molar-refractivity contribution in [3.63, 3.8) is 0 Å². The van der Waals surface area contributed by atoms with Crippen molar-refractivity contribution in [2.75, 3.05) is 155 Å². The largest absolute Gasteiger partial charge is 0.371 e. The molecule has 5 aromatic heterocycles. The van der Waals surface area contributed by atoms with Gasteiger partial charge >= 0.3 is 0 Å². The van der Waals surface area contributed by atoms with Gasteiger partial charge in [0.15, 0.2) is 0 Å².